The van der Waals surface area contributed by atoms with Gasteiger partial charge < -0.3 is 21.7 Å². The Morgan fingerprint density at radius 1 is 1.24 bits per heavy atom. The number of halogens is 1. The molecular weight excluding hydrogens is 375 g/mol. The number of rotatable bonds is 1. The Kier molecular flexibility index (Phi) is 4.11. The number of carbonyl (C=O) groups excluding carboxylic acids is 2. The van der Waals surface area contributed by atoms with Gasteiger partial charge in [0.1, 0.15) is 0 Å². The molecule has 8 nitrogen and oxygen atoms in total. The molecule has 6 bridgehead atoms. The molecule has 29 heavy (non-hydrogen) atoms. The Balaban J connectivity index is 1.56. The van der Waals surface area contributed by atoms with Crippen molar-refractivity contribution in [3.63, 3.8) is 0 Å². The van der Waals surface area contributed by atoms with Gasteiger partial charge in [-0.1, -0.05) is 12.1 Å². The van der Waals surface area contributed by atoms with E-state index in [-0.39, 0.29) is 42.0 Å². The molecule has 2 fully saturated rings. The predicted octanol–water partition coefficient (Wildman–Crippen LogP) is 1.32. The molecule has 0 saturated heterocycles. The summed E-state index contributed by atoms with van der Waals surface area (Å²) in [5.74, 6) is -1.26. The minimum absolute atomic E-state index is 0.0181. The summed E-state index contributed by atoms with van der Waals surface area (Å²) in [5, 5.41) is 9.24. The molecule has 0 unspecified atom stereocenters. The van der Waals surface area contributed by atoms with Gasteiger partial charge >= 0.3 is 0 Å². The van der Waals surface area contributed by atoms with Crippen LogP contribution in [-0.4, -0.2) is 33.9 Å². The van der Waals surface area contributed by atoms with E-state index in [4.69, 9.17) is 5.73 Å². The van der Waals surface area contributed by atoms with Gasteiger partial charge in [0.15, 0.2) is 11.6 Å². The standard InChI is InChI=1S/C20H21FN6O2/c21-13-8-23-20-24-11-3-1-2-9(4-11)5-15(28)25-14-7-10-6-12(14)17(16(10)18(22)29)26-19(13)27-20/h1-4,8,10,12,14,16-17H,5-7H2,(H2,22,29)(H,25,28)(H2,23,24,26,27)/t10-,12-,14-,16+,17-/m1/s1. The van der Waals surface area contributed by atoms with Gasteiger partial charge in [-0.2, -0.15) is 4.98 Å². The lowest BCUT2D eigenvalue weighted by Gasteiger charge is -2.35. The molecular formula is C20H21FN6O2. The Morgan fingerprint density at radius 3 is 2.93 bits per heavy atom. The van der Waals surface area contributed by atoms with E-state index in [9.17, 15) is 14.0 Å². The zero-order valence-corrected chi connectivity index (χ0v) is 15.6. The third-order valence-electron chi connectivity index (χ3n) is 6.27. The smallest absolute Gasteiger partial charge is 0.229 e. The molecule has 1 aliphatic heterocycles. The molecule has 5 atom stereocenters. The lowest BCUT2D eigenvalue weighted by Crippen LogP contribution is -2.52. The topological polar surface area (TPSA) is 122 Å². The number of hydrogen-bond donors (Lipinski definition) is 4. The Hall–Kier alpha value is -3.23. The highest BCUT2D eigenvalue weighted by Gasteiger charge is 2.55. The maximum atomic E-state index is 14.4. The molecule has 0 radical (unpaired) electrons. The second-order valence-corrected chi connectivity index (χ2v) is 8.06. The zero-order valence-electron chi connectivity index (χ0n) is 15.6. The highest BCUT2D eigenvalue weighted by Crippen LogP contribution is 2.49. The first kappa shape index (κ1) is 17.8. The van der Waals surface area contributed by atoms with E-state index >= 15 is 0 Å². The lowest BCUT2D eigenvalue weighted by molar-refractivity contribution is -0.123. The zero-order chi connectivity index (χ0) is 20.1. The van der Waals surface area contributed by atoms with Gasteiger partial charge in [0.25, 0.3) is 0 Å². The van der Waals surface area contributed by atoms with Gasteiger partial charge in [-0.3, -0.25) is 9.59 Å². The van der Waals surface area contributed by atoms with Crippen LogP contribution in [0.1, 0.15) is 18.4 Å². The Bertz CT molecular complexity index is 999. The lowest BCUT2D eigenvalue weighted by atomic mass is 9.81. The predicted molar refractivity (Wildman–Crippen MR) is 104 cm³/mol. The number of benzene rings is 1. The number of amides is 2. The number of nitrogens with one attached hydrogen (secondary N) is 3. The van der Waals surface area contributed by atoms with Crippen LogP contribution in [0, 0.1) is 23.6 Å². The molecule has 3 aliphatic rings. The van der Waals surface area contributed by atoms with Crippen LogP contribution in [0.5, 0.6) is 0 Å². The van der Waals surface area contributed by atoms with Crippen molar-refractivity contribution in [1.29, 1.82) is 0 Å². The van der Waals surface area contributed by atoms with Crippen LogP contribution in [0.2, 0.25) is 0 Å². The number of aromatic nitrogens is 2. The van der Waals surface area contributed by atoms with Crippen molar-refractivity contribution >= 4 is 29.3 Å². The van der Waals surface area contributed by atoms with E-state index < -0.39 is 23.7 Å². The molecule has 5 rings (SSSR count). The van der Waals surface area contributed by atoms with Crippen LogP contribution in [0.25, 0.3) is 0 Å². The van der Waals surface area contributed by atoms with Gasteiger partial charge in [0.05, 0.1) is 18.5 Å². The van der Waals surface area contributed by atoms with Crippen molar-refractivity contribution < 1.29 is 14.0 Å². The molecule has 5 N–H and O–H groups in total. The van der Waals surface area contributed by atoms with Crippen molar-refractivity contribution in [2.75, 3.05) is 10.6 Å². The van der Waals surface area contributed by atoms with Crippen molar-refractivity contribution in [2.45, 2.75) is 31.3 Å². The Morgan fingerprint density at radius 2 is 2.10 bits per heavy atom. The maximum absolute atomic E-state index is 14.4. The number of hydrogen-bond acceptors (Lipinski definition) is 6. The largest absolute Gasteiger partial charge is 0.369 e. The van der Waals surface area contributed by atoms with Gasteiger partial charge in [-0.25, -0.2) is 9.37 Å². The van der Waals surface area contributed by atoms with Crippen LogP contribution < -0.4 is 21.7 Å². The van der Waals surface area contributed by atoms with Crippen molar-refractivity contribution in [3.05, 3.63) is 41.8 Å². The van der Waals surface area contributed by atoms with E-state index in [0.29, 0.717) is 12.1 Å². The minimum Gasteiger partial charge on any atom is -0.369 e. The van der Waals surface area contributed by atoms with Gasteiger partial charge in [-0.15, -0.1) is 0 Å². The first-order valence-corrected chi connectivity index (χ1v) is 9.71. The molecule has 9 heteroatoms. The molecule has 2 aromatic rings. The van der Waals surface area contributed by atoms with Crippen molar-refractivity contribution in [1.82, 2.24) is 15.3 Å². The second-order valence-electron chi connectivity index (χ2n) is 8.06. The van der Waals surface area contributed by atoms with Gasteiger partial charge in [-0.05, 0) is 36.5 Å². The second kappa shape index (κ2) is 6.68. The Labute approximate surface area is 166 Å². The average molecular weight is 396 g/mol. The molecule has 0 spiro atoms. The van der Waals surface area contributed by atoms with Crippen LogP contribution in [0.15, 0.2) is 30.5 Å². The highest BCUT2D eigenvalue weighted by atomic mass is 19.1. The van der Waals surface area contributed by atoms with E-state index in [2.05, 4.69) is 25.9 Å². The summed E-state index contributed by atoms with van der Waals surface area (Å²) in [5.41, 5.74) is 7.20. The van der Waals surface area contributed by atoms with E-state index in [1.54, 1.807) is 0 Å². The highest BCUT2D eigenvalue weighted by molar-refractivity contribution is 5.81. The third-order valence-corrected chi connectivity index (χ3v) is 6.27. The first-order chi connectivity index (χ1) is 14.0. The quantitative estimate of drug-likeness (QED) is 0.577. The fourth-order valence-electron chi connectivity index (χ4n) is 5.15. The van der Waals surface area contributed by atoms with Gasteiger partial charge in [0.2, 0.25) is 17.8 Å². The summed E-state index contributed by atoms with van der Waals surface area (Å²) in [4.78, 5) is 33.0. The maximum Gasteiger partial charge on any atom is 0.229 e. The fraction of sp³-hybridized carbons (Fsp3) is 0.400. The normalized spacial score (nSPS) is 30.0. The average Bonchev–Trinajstić information content (AvgIpc) is 3.21. The summed E-state index contributed by atoms with van der Waals surface area (Å²) < 4.78 is 14.4. The number of anilines is 3. The van der Waals surface area contributed by atoms with Crippen molar-refractivity contribution in [3.8, 4) is 0 Å². The third kappa shape index (κ3) is 3.16. The number of nitrogens with two attached hydrogens (primary N) is 1. The monoisotopic (exact) mass is 396 g/mol. The SMILES string of the molecule is NC(=O)[C@H]1[C@@H]2C[C@H]3[C@H]1Nc1nc(ncc1F)Nc1cccc(c1)CC(=O)N[C@@H]3C2. The number of primary amides is 1. The summed E-state index contributed by atoms with van der Waals surface area (Å²) in [7, 11) is 0. The fourth-order valence-corrected chi connectivity index (χ4v) is 5.15. The van der Waals surface area contributed by atoms with Gasteiger partial charge in [0, 0.05) is 23.7 Å². The number of carbonyl (C=O) groups is 2. The van der Waals surface area contributed by atoms with Crippen LogP contribution in [0.4, 0.5) is 21.8 Å². The van der Waals surface area contributed by atoms with Crippen LogP contribution in [-0.2, 0) is 16.0 Å². The molecule has 2 aliphatic carbocycles. The summed E-state index contributed by atoms with van der Waals surface area (Å²) in [6.45, 7) is 0. The summed E-state index contributed by atoms with van der Waals surface area (Å²) in [6.07, 6.45) is 2.79. The minimum atomic E-state index is -0.608. The molecule has 1 aromatic heterocycles. The van der Waals surface area contributed by atoms with Crippen molar-refractivity contribution in [2.24, 2.45) is 23.5 Å². The van der Waals surface area contributed by atoms with E-state index in [0.717, 1.165) is 18.2 Å². The van der Waals surface area contributed by atoms with E-state index in [1.807, 2.05) is 24.3 Å². The van der Waals surface area contributed by atoms with Crippen LogP contribution >= 0.6 is 0 Å². The molecule has 2 amide bonds. The summed E-state index contributed by atoms with van der Waals surface area (Å²) >= 11 is 0. The first-order valence-electron chi connectivity index (χ1n) is 9.71. The molecule has 2 heterocycles. The number of fused-ring (bicyclic) bond motifs is 5. The number of nitrogens with zero attached hydrogens (tertiary/aromatic N) is 2. The van der Waals surface area contributed by atoms with E-state index in [1.165, 1.54) is 0 Å². The summed E-state index contributed by atoms with van der Waals surface area (Å²) in [6, 6.07) is 6.90. The molecule has 150 valence electrons. The molecule has 2 saturated carbocycles. The molecule has 1 aromatic carbocycles. The van der Waals surface area contributed by atoms with Crippen LogP contribution in [0.3, 0.4) is 0 Å².